The Balaban J connectivity index is 1.65. The van der Waals surface area contributed by atoms with Crippen molar-refractivity contribution in [2.24, 2.45) is 0 Å². The van der Waals surface area contributed by atoms with Gasteiger partial charge in [0.2, 0.25) is 0 Å². The van der Waals surface area contributed by atoms with E-state index in [4.69, 9.17) is 9.72 Å². The lowest BCUT2D eigenvalue weighted by Crippen LogP contribution is -2.35. The van der Waals surface area contributed by atoms with Gasteiger partial charge in [-0.05, 0) is 68.4 Å². The topological polar surface area (TPSA) is 113 Å². The molecular formula is C25H25FN4O4. The Morgan fingerprint density at radius 2 is 1.94 bits per heavy atom. The number of benzene rings is 1. The van der Waals surface area contributed by atoms with Gasteiger partial charge in [0.05, 0.1) is 17.2 Å². The summed E-state index contributed by atoms with van der Waals surface area (Å²) in [5, 5.41) is 28.3. The van der Waals surface area contributed by atoms with E-state index in [-0.39, 0.29) is 30.5 Å². The van der Waals surface area contributed by atoms with Crippen molar-refractivity contribution in [1.29, 1.82) is 0 Å². The number of H-pyrrole nitrogens is 1. The Morgan fingerprint density at radius 3 is 2.65 bits per heavy atom. The Hall–Kier alpha value is -3.30. The Morgan fingerprint density at radius 1 is 1.18 bits per heavy atom. The molecular weight excluding hydrogens is 439 g/mol. The van der Waals surface area contributed by atoms with Crippen LogP contribution in [0.3, 0.4) is 0 Å². The molecule has 1 saturated carbocycles. The highest BCUT2D eigenvalue weighted by atomic mass is 19.1. The lowest BCUT2D eigenvalue weighted by molar-refractivity contribution is -0.157. The minimum Gasteiger partial charge on any atom is -0.479 e. The van der Waals surface area contributed by atoms with Crippen molar-refractivity contribution in [3.05, 3.63) is 53.6 Å². The quantitative estimate of drug-likeness (QED) is 0.421. The number of halogens is 1. The smallest absolute Gasteiger partial charge is 0.335 e. The number of ether oxygens (including phenoxy) is 1. The van der Waals surface area contributed by atoms with E-state index in [1.165, 1.54) is 12.1 Å². The number of nitrogens with zero attached hydrogens (tertiary/aromatic N) is 3. The van der Waals surface area contributed by atoms with E-state index >= 15 is 0 Å². The van der Waals surface area contributed by atoms with E-state index in [0.29, 0.717) is 25.3 Å². The number of aromatic nitrogens is 4. The number of carbonyl (C=O) groups is 1. The fraction of sp³-hybridized carbons (Fsp3) is 0.400. The van der Waals surface area contributed by atoms with Crippen LogP contribution in [0, 0.1) is 5.82 Å². The summed E-state index contributed by atoms with van der Waals surface area (Å²) in [6, 6.07) is 8.41. The van der Waals surface area contributed by atoms with Crippen LogP contribution in [-0.4, -0.2) is 54.7 Å². The summed E-state index contributed by atoms with van der Waals surface area (Å²) >= 11 is 0. The molecule has 34 heavy (non-hydrogen) atoms. The van der Waals surface area contributed by atoms with Gasteiger partial charge in [0.15, 0.2) is 11.2 Å². The number of fused-ring (bicyclic) bond motifs is 2. The summed E-state index contributed by atoms with van der Waals surface area (Å²) in [7, 11) is 0. The second-order valence-electron chi connectivity index (χ2n) is 9.44. The molecule has 0 spiro atoms. The Labute approximate surface area is 194 Å². The SMILES string of the molecule is O=C(O)[C@]1(O)CC[C@@H](c2c(C3CCOCC3)n(-c3ccc(F)cc3)c3cc4cn[nH]c4nc23)C1. The van der Waals surface area contributed by atoms with Gasteiger partial charge in [0.25, 0.3) is 0 Å². The number of aliphatic hydroxyl groups is 1. The summed E-state index contributed by atoms with van der Waals surface area (Å²) in [6.45, 7) is 1.27. The molecule has 0 radical (unpaired) electrons. The van der Waals surface area contributed by atoms with Crippen LogP contribution in [0.4, 0.5) is 4.39 Å². The van der Waals surface area contributed by atoms with Gasteiger partial charge in [0.1, 0.15) is 5.82 Å². The van der Waals surface area contributed by atoms with Crippen molar-refractivity contribution in [1.82, 2.24) is 19.7 Å². The van der Waals surface area contributed by atoms with Crippen molar-refractivity contribution in [2.45, 2.75) is 49.5 Å². The third-order valence-corrected chi connectivity index (χ3v) is 7.41. The number of pyridine rings is 1. The first kappa shape index (κ1) is 21.2. The molecule has 2 atom stereocenters. The molecule has 1 saturated heterocycles. The van der Waals surface area contributed by atoms with Crippen LogP contribution in [0.2, 0.25) is 0 Å². The zero-order chi connectivity index (χ0) is 23.4. The van der Waals surface area contributed by atoms with E-state index in [2.05, 4.69) is 14.8 Å². The van der Waals surface area contributed by atoms with Crippen LogP contribution in [0.15, 0.2) is 36.5 Å². The lowest BCUT2D eigenvalue weighted by Gasteiger charge is -2.27. The predicted octanol–water partition coefficient (Wildman–Crippen LogP) is 4.02. The number of carboxylic acids is 1. The maximum absolute atomic E-state index is 13.8. The van der Waals surface area contributed by atoms with E-state index in [0.717, 1.165) is 46.2 Å². The molecule has 4 heterocycles. The van der Waals surface area contributed by atoms with Crippen molar-refractivity contribution >= 4 is 28.0 Å². The molecule has 1 aliphatic heterocycles. The average Bonchev–Trinajstić information content (AvgIpc) is 3.54. The van der Waals surface area contributed by atoms with Gasteiger partial charge in [-0.15, -0.1) is 0 Å². The fourth-order valence-corrected chi connectivity index (χ4v) is 5.72. The maximum Gasteiger partial charge on any atom is 0.335 e. The molecule has 3 aromatic heterocycles. The van der Waals surface area contributed by atoms with Crippen LogP contribution in [0.5, 0.6) is 0 Å². The highest BCUT2D eigenvalue weighted by Crippen LogP contribution is 2.49. The van der Waals surface area contributed by atoms with E-state index in [1.54, 1.807) is 18.3 Å². The number of hydrogen-bond donors (Lipinski definition) is 3. The zero-order valence-corrected chi connectivity index (χ0v) is 18.5. The molecule has 0 bridgehead atoms. The molecule has 2 aliphatic rings. The first-order valence-electron chi connectivity index (χ1n) is 11.6. The van der Waals surface area contributed by atoms with Gasteiger partial charge in [-0.3, -0.25) is 5.10 Å². The molecule has 2 fully saturated rings. The average molecular weight is 464 g/mol. The number of hydrogen-bond acceptors (Lipinski definition) is 5. The summed E-state index contributed by atoms with van der Waals surface area (Å²) < 4.78 is 21.6. The molecule has 9 heteroatoms. The third-order valence-electron chi connectivity index (χ3n) is 7.41. The van der Waals surface area contributed by atoms with Gasteiger partial charge < -0.3 is 19.5 Å². The number of carboxylic acid groups (broad SMARTS) is 1. The summed E-state index contributed by atoms with van der Waals surface area (Å²) in [5.41, 5.74) is 3.37. The number of aromatic amines is 1. The first-order valence-corrected chi connectivity index (χ1v) is 11.6. The molecule has 1 aromatic carbocycles. The molecule has 6 rings (SSSR count). The number of rotatable bonds is 4. The first-order chi connectivity index (χ1) is 16.4. The van der Waals surface area contributed by atoms with Crippen LogP contribution in [0.1, 0.15) is 55.2 Å². The molecule has 0 amide bonds. The minimum absolute atomic E-state index is 0.129. The van der Waals surface area contributed by atoms with E-state index < -0.39 is 11.6 Å². The van der Waals surface area contributed by atoms with Crippen molar-refractivity contribution in [3.8, 4) is 5.69 Å². The largest absolute Gasteiger partial charge is 0.479 e. The lowest BCUT2D eigenvalue weighted by atomic mass is 9.86. The van der Waals surface area contributed by atoms with Gasteiger partial charge in [-0.1, -0.05) is 0 Å². The highest BCUT2D eigenvalue weighted by molar-refractivity contribution is 5.94. The van der Waals surface area contributed by atoms with Crippen LogP contribution in [-0.2, 0) is 9.53 Å². The maximum atomic E-state index is 13.8. The van der Waals surface area contributed by atoms with E-state index in [1.807, 2.05) is 6.07 Å². The van der Waals surface area contributed by atoms with Gasteiger partial charge in [-0.2, -0.15) is 5.10 Å². The summed E-state index contributed by atoms with van der Waals surface area (Å²) in [4.78, 5) is 16.7. The zero-order valence-electron chi connectivity index (χ0n) is 18.5. The van der Waals surface area contributed by atoms with Crippen molar-refractivity contribution in [2.75, 3.05) is 13.2 Å². The number of nitrogens with one attached hydrogen (secondary N) is 1. The molecule has 0 unspecified atom stereocenters. The second-order valence-corrected chi connectivity index (χ2v) is 9.44. The molecule has 176 valence electrons. The van der Waals surface area contributed by atoms with Gasteiger partial charge in [0, 0.05) is 41.5 Å². The molecule has 4 aromatic rings. The molecule has 1 aliphatic carbocycles. The van der Waals surface area contributed by atoms with Crippen LogP contribution >= 0.6 is 0 Å². The normalized spacial score (nSPS) is 23.8. The molecule has 3 N–H and O–H groups in total. The summed E-state index contributed by atoms with van der Waals surface area (Å²) in [5.74, 6) is -1.51. The highest BCUT2D eigenvalue weighted by Gasteiger charge is 2.46. The minimum atomic E-state index is -1.75. The van der Waals surface area contributed by atoms with Crippen LogP contribution in [0.25, 0.3) is 27.8 Å². The Bertz CT molecular complexity index is 1390. The van der Waals surface area contributed by atoms with Crippen molar-refractivity contribution in [3.63, 3.8) is 0 Å². The van der Waals surface area contributed by atoms with E-state index in [9.17, 15) is 19.4 Å². The van der Waals surface area contributed by atoms with Crippen molar-refractivity contribution < 1.29 is 24.1 Å². The number of aliphatic carboxylic acids is 1. The standard InChI is InChI=1S/C25H25FN4O4/c26-17-1-3-18(4-2-17)30-19-11-16-13-27-29-23(16)28-21(19)20(22(30)14-6-9-34-10-7-14)15-5-8-25(33,12-15)24(31)32/h1-4,11,13-15,33H,5-10,12H2,(H,31,32)(H,27,28,29)/t15-,25+/m1/s1. The van der Waals surface area contributed by atoms with Crippen LogP contribution < -0.4 is 0 Å². The van der Waals surface area contributed by atoms with Gasteiger partial charge in [-0.25, -0.2) is 14.2 Å². The predicted molar refractivity (Wildman–Crippen MR) is 123 cm³/mol. The monoisotopic (exact) mass is 464 g/mol. The van der Waals surface area contributed by atoms with Gasteiger partial charge >= 0.3 is 5.97 Å². The summed E-state index contributed by atoms with van der Waals surface area (Å²) in [6.07, 6.45) is 4.22. The Kier molecular flexibility index (Phi) is 4.93. The second kappa shape index (κ2) is 7.89. The molecule has 8 nitrogen and oxygen atoms in total. The third kappa shape index (κ3) is 3.30. The fourth-order valence-electron chi connectivity index (χ4n) is 5.72.